The standard InChI is InChI=1S/C19H20N2O2S/c1-20-12-18(15-24-14-17-10-6-3-7-11-17)21-19(22)23-13-16-8-4-2-5-9-16/h2-11,18H,12-15H2,(H,21,22). The zero-order valence-electron chi connectivity index (χ0n) is 13.4. The fourth-order valence-corrected chi connectivity index (χ4v) is 3.09. The summed E-state index contributed by atoms with van der Waals surface area (Å²) in [6.45, 7) is 7.52. The molecule has 0 aliphatic rings. The van der Waals surface area contributed by atoms with Crippen LogP contribution in [0.4, 0.5) is 4.79 Å². The van der Waals surface area contributed by atoms with E-state index in [2.05, 4.69) is 22.3 Å². The van der Waals surface area contributed by atoms with Gasteiger partial charge in [0.25, 0.3) is 0 Å². The van der Waals surface area contributed by atoms with Gasteiger partial charge in [-0.3, -0.25) is 0 Å². The highest BCUT2D eigenvalue weighted by Gasteiger charge is 2.16. The van der Waals surface area contributed by atoms with E-state index in [1.807, 2.05) is 48.5 Å². The van der Waals surface area contributed by atoms with Gasteiger partial charge < -0.3 is 14.9 Å². The number of carbonyl (C=O) groups is 1. The number of hydrogen-bond acceptors (Lipinski definition) is 3. The SMILES string of the molecule is [C-]#[N+]CC(CSCc1ccccc1)NC(=O)OCc1ccccc1. The topological polar surface area (TPSA) is 42.7 Å². The van der Waals surface area contributed by atoms with E-state index in [9.17, 15) is 4.79 Å². The van der Waals surface area contributed by atoms with Crippen LogP contribution in [-0.2, 0) is 17.1 Å². The van der Waals surface area contributed by atoms with Gasteiger partial charge in [-0.15, -0.1) is 0 Å². The number of ether oxygens (including phenoxy) is 1. The van der Waals surface area contributed by atoms with Gasteiger partial charge in [-0.05, 0) is 11.1 Å². The van der Waals surface area contributed by atoms with E-state index in [4.69, 9.17) is 11.3 Å². The zero-order valence-corrected chi connectivity index (χ0v) is 14.2. The van der Waals surface area contributed by atoms with E-state index in [-0.39, 0.29) is 19.2 Å². The number of nitrogens with zero attached hydrogens (tertiary/aromatic N) is 1. The van der Waals surface area contributed by atoms with Gasteiger partial charge in [0, 0.05) is 11.5 Å². The summed E-state index contributed by atoms with van der Waals surface area (Å²) in [4.78, 5) is 15.3. The maximum Gasteiger partial charge on any atom is 0.407 e. The van der Waals surface area contributed by atoms with Gasteiger partial charge in [0.2, 0.25) is 6.54 Å². The average molecular weight is 340 g/mol. The molecule has 0 saturated carbocycles. The number of benzene rings is 2. The average Bonchev–Trinajstić information content (AvgIpc) is 2.62. The minimum absolute atomic E-state index is 0.209. The third-order valence-electron chi connectivity index (χ3n) is 3.28. The number of carbonyl (C=O) groups excluding carboxylic acids is 1. The molecule has 0 spiro atoms. The van der Waals surface area contributed by atoms with Crippen LogP contribution in [0.5, 0.6) is 0 Å². The van der Waals surface area contributed by atoms with Gasteiger partial charge in [-0.1, -0.05) is 60.7 Å². The van der Waals surface area contributed by atoms with Gasteiger partial charge in [0.05, 0.1) is 0 Å². The Kier molecular flexibility index (Phi) is 7.72. The molecule has 1 unspecified atom stereocenters. The second kappa shape index (κ2) is 10.3. The van der Waals surface area contributed by atoms with E-state index in [1.54, 1.807) is 11.8 Å². The van der Waals surface area contributed by atoms with Crippen molar-refractivity contribution >= 4 is 17.9 Å². The van der Waals surface area contributed by atoms with E-state index < -0.39 is 6.09 Å². The predicted octanol–water partition coefficient (Wildman–Crippen LogP) is 4.13. The lowest BCUT2D eigenvalue weighted by atomic mass is 10.2. The molecule has 1 amide bonds. The van der Waals surface area contributed by atoms with Crippen LogP contribution in [0.2, 0.25) is 0 Å². The van der Waals surface area contributed by atoms with Crippen molar-refractivity contribution in [3.8, 4) is 0 Å². The lowest BCUT2D eigenvalue weighted by Crippen LogP contribution is -2.38. The summed E-state index contributed by atoms with van der Waals surface area (Å²) in [7, 11) is 0. The molecule has 2 aromatic rings. The van der Waals surface area contributed by atoms with Crippen LogP contribution in [-0.4, -0.2) is 24.4 Å². The molecule has 0 aromatic heterocycles. The lowest BCUT2D eigenvalue weighted by molar-refractivity contribution is 0.137. The van der Waals surface area contributed by atoms with Crippen molar-refractivity contribution in [2.45, 2.75) is 18.4 Å². The minimum Gasteiger partial charge on any atom is -0.445 e. The van der Waals surface area contributed by atoms with Crippen molar-refractivity contribution < 1.29 is 9.53 Å². The normalized spacial score (nSPS) is 11.3. The molecule has 0 heterocycles. The Morgan fingerprint density at radius 1 is 1.08 bits per heavy atom. The van der Waals surface area contributed by atoms with Crippen LogP contribution < -0.4 is 5.32 Å². The molecule has 2 rings (SSSR count). The van der Waals surface area contributed by atoms with Crippen molar-refractivity contribution in [3.05, 3.63) is 83.2 Å². The minimum atomic E-state index is -0.479. The first-order valence-corrected chi connectivity index (χ1v) is 8.85. The summed E-state index contributed by atoms with van der Waals surface area (Å²) in [6.07, 6.45) is -0.479. The van der Waals surface area contributed by atoms with Gasteiger partial charge in [-0.2, -0.15) is 11.8 Å². The highest BCUT2D eigenvalue weighted by Crippen LogP contribution is 2.13. The summed E-state index contributed by atoms with van der Waals surface area (Å²) in [5.41, 5.74) is 2.17. The first-order valence-electron chi connectivity index (χ1n) is 7.70. The predicted molar refractivity (Wildman–Crippen MR) is 97.6 cm³/mol. The number of alkyl carbamates (subject to hydrolysis) is 1. The molecule has 5 heteroatoms. The van der Waals surface area contributed by atoms with E-state index in [0.29, 0.717) is 5.75 Å². The second-order valence-electron chi connectivity index (χ2n) is 5.24. The van der Waals surface area contributed by atoms with Gasteiger partial charge in [-0.25, -0.2) is 11.4 Å². The Balaban J connectivity index is 1.73. The molecule has 0 bridgehead atoms. The quantitative estimate of drug-likeness (QED) is 0.735. The molecular formula is C19H20N2O2S. The number of amides is 1. The summed E-state index contributed by atoms with van der Waals surface area (Å²) in [5.74, 6) is 1.54. The zero-order chi connectivity index (χ0) is 17.0. The number of rotatable bonds is 8. The molecule has 0 aliphatic carbocycles. The highest BCUT2D eigenvalue weighted by atomic mass is 32.2. The Hall–Kier alpha value is -2.45. The van der Waals surface area contributed by atoms with Gasteiger partial charge in [0.1, 0.15) is 12.6 Å². The first-order chi connectivity index (χ1) is 11.8. The third-order valence-corrected chi connectivity index (χ3v) is 4.45. The molecule has 1 N–H and O–H groups in total. The number of hydrogen-bond donors (Lipinski definition) is 1. The Morgan fingerprint density at radius 3 is 2.33 bits per heavy atom. The largest absolute Gasteiger partial charge is 0.445 e. The smallest absolute Gasteiger partial charge is 0.407 e. The van der Waals surface area contributed by atoms with Gasteiger partial charge >= 0.3 is 6.09 Å². The summed E-state index contributed by atoms with van der Waals surface area (Å²) in [6, 6.07) is 19.4. The molecule has 24 heavy (non-hydrogen) atoms. The van der Waals surface area contributed by atoms with Crippen LogP contribution in [0, 0.1) is 6.57 Å². The summed E-state index contributed by atoms with van der Waals surface area (Å²) in [5, 5.41) is 2.78. The first kappa shape index (κ1) is 17.9. The van der Waals surface area contributed by atoms with Crippen molar-refractivity contribution in [2.75, 3.05) is 12.3 Å². The fraction of sp³-hybridized carbons (Fsp3) is 0.263. The van der Waals surface area contributed by atoms with Crippen LogP contribution >= 0.6 is 11.8 Å². The lowest BCUT2D eigenvalue weighted by Gasteiger charge is -2.14. The van der Waals surface area contributed by atoms with Crippen molar-refractivity contribution in [3.63, 3.8) is 0 Å². The fourth-order valence-electron chi connectivity index (χ4n) is 2.07. The molecular weight excluding hydrogens is 320 g/mol. The van der Waals surface area contributed by atoms with Crippen LogP contribution in [0.1, 0.15) is 11.1 Å². The van der Waals surface area contributed by atoms with Crippen molar-refractivity contribution in [1.29, 1.82) is 0 Å². The van der Waals surface area contributed by atoms with Crippen LogP contribution in [0.25, 0.3) is 4.85 Å². The Bertz CT molecular complexity index is 656. The second-order valence-corrected chi connectivity index (χ2v) is 6.27. The maximum absolute atomic E-state index is 11.9. The molecule has 1 atom stereocenters. The maximum atomic E-state index is 11.9. The summed E-state index contributed by atoms with van der Waals surface area (Å²) >= 11 is 1.70. The van der Waals surface area contributed by atoms with E-state index in [0.717, 1.165) is 11.3 Å². The third kappa shape index (κ3) is 6.76. The van der Waals surface area contributed by atoms with Crippen LogP contribution in [0.15, 0.2) is 60.7 Å². The van der Waals surface area contributed by atoms with Crippen LogP contribution in [0.3, 0.4) is 0 Å². The van der Waals surface area contributed by atoms with E-state index in [1.165, 1.54) is 5.56 Å². The molecule has 0 fully saturated rings. The summed E-state index contributed by atoms with van der Waals surface area (Å²) < 4.78 is 5.21. The molecule has 0 aliphatic heterocycles. The number of thioether (sulfide) groups is 1. The molecule has 2 aromatic carbocycles. The monoisotopic (exact) mass is 340 g/mol. The Morgan fingerprint density at radius 2 is 1.71 bits per heavy atom. The molecule has 0 radical (unpaired) electrons. The van der Waals surface area contributed by atoms with Crippen molar-refractivity contribution in [2.24, 2.45) is 0 Å². The Labute approximate surface area is 147 Å². The van der Waals surface area contributed by atoms with Gasteiger partial charge in [0.15, 0.2) is 0 Å². The van der Waals surface area contributed by atoms with Crippen molar-refractivity contribution in [1.82, 2.24) is 5.32 Å². The van der Waals surface area contributed by atoms with E-state index >= 15 is 0 Å². The molecule has 124 valence electrons. The molecule has 4 nitrogen and oxygen atoms in total. The number of nitrogens with one attached hydrogen (secondary N) is 1. The highest BCUT2D eigenvalue weighted by molar-refractivity contribution is 7.98. The molecule has 0 saturated heterocycles.